The lowest BCUT2D eigenvalue weighted by Gasteiger charge is -2.10. The number of amides is 1. The van der Waals surface area contributed by atoms with Gasteiger partial charge in [-0.15, -0.1) is 0 Å². The van der Waals surface area contributed by atoms with Gasteiger partial charge in [0, 0.05) is 16.8 Å². The molecule has 1 amide bonds. The maximum Gasteiger partial charge on any atom is 0.248 e. The van der Waals surface area contributed by atoms with Crippen molar-refractivity contribution in [2.24, 2.45) is 0 Å². The van der Waals surface area contributed by atoms with Gasteiger partial charge in [0.05, 0.1) is 18.7 Å². The van der Waals surface area contributed by atoms with Crippen molar-refractivity contribution in [1.82, 2.24) is 0 Å². The highest BCUT2D eigenvalue weighted by molar-refractivity contribution is 9.10. The SMILES string of the molecule is COc1cc(/C=C/C(=O)Nc2ccc(C)c(Cl)c2)cc(Br)c1OC. The maximum atomic E-state index is 12.0. The summed E-state index contributed by atoms with van der Waals surface area (Å²) >= 11 is 9.47. The van der Waals surface area contributed by atoms with Crippen molar-refractivity contribution in [3.05, 3.63) is 57.0 Å². The van der Waals surface area contributed by atoms with Crippen LogP contribution in [0.1, 0.15) is 11.1 Å². The van der Waals surface area contributed by atoms with Crippen molar-refractivity contribution in [1.29, 1.82) is 0 Å². The predicted octanol–water partition coefficient (Wildman–Crippen LogP) is 5.08. The Balaban J connectivity index is 2.13. The molecule has 6 heteroatoms. The van der Waals surface area contributed by atoms with Gasteiger partial charge in [-0.2, -0.15) is 0 Å². The van der Waals surface area contributed by atoms with Crippen LogP contribution in [0.2, 0.25) is 5.02 Å². The first-order valence-electron chi connectivity index (χ1n) is 7.11. The first-order valence-corrected chi connectivity index (χ1v) is 8.28. The standard InChI is InChI=1S/C18H17BrClNO3/c1-11-4-6-13(10-15(11)20)21-17(22)7-5-12-8-14(19)18(24-3)16(9-12)23-2/h4-10H,1-3H3,(H,21,22)/b7-5+. The number of benzene rings is 2. The number of rotatable bonds is 5. The summed E-state index contributed by atoms with van der Waals surface area (Å²) in [6.07, 6.45) is 3.14. The van der Waals surface area contributed by atoms with Crippen LogP contribution >= 0.6 is 27.5 Å². The highest BCUT2D eigenvalue weighted by Crippen LogP contribution is 2.36. The molecule has 0 radical (unpaired) electrons. The molecule has 0 fully saturated rings. The second-order valence-corrected chi connectivity index (χ2v) is 6.29. The van der Waals surface area contributed by atoms with Crippen molar-refractivity contribution in [3.8, 4) is 11.5 Å². The molecular formula is C18H17BrClNO3. The molecule has 0 atom stereocenters. The summed E-state index contributed by atoms with van der Waals surface area (Å²) < 4.78 is 11.3. The van der Waals surface area contributed by atoms with Crippen molar-refractivity contribution in [3.63, 3.8) is 0 Å². The van der Waals surface area contributed by atoms with E-state index < -0.39 is 0 Å². The largest absolute Gasteiger partial charge is 0.493 e. The Labute approximate surface area is 154 Å². The van der Waals surface area contributed by atoms with Gasteiger partial charge in [0.2, 0.25) is 5.91 Å². The molecule has 126 valence electrons. The molecule has 0 heterocycles. The molecule has 0 aliphatic heterocycles. The molecule has 0 unspecified atom stereocenters. The number of carbonyl (C=O) groups excluding carboxylic acids is 1. The topological polar surface area (TPSA) is 47.6 Å². The molecule has 0 aromatic heterocycles. The monoisotopic (exact) mass is 409 g/mol. The minimum Gasteiger partial charge on any atom is -0.493 e. The number of halogens is 2. The van der Waals surface area contributed by atoms with E-state index in [1.807, 2.05) is 19.1 Å². The van der Waals surface area contributed by atoms with Gasteiger partial charge in [-0.25, -0.2) is 0 Å². The van der Waals surface area contributed by atoms with Crippen molar-refractivity contribution < 1.29 is 14.3 Å². The normalized spacial score (nSPS) is 10.7. The molecular weight excluding hydrogens is 394 g/mol. The minimum absolute atomic E-state index is 0.249. The van der Waals surface area contributed by atoms with Gasteiger partial charge in [-0.05, 0) is 64.3 Å². The van der Waals surface area contributed by atoms with E-state index >= 15 is 0 Å². The van der Waals surface area contributed by atoms with E-state index in [1.54, 1.807) is 38.5 Å². The first-order chi connectivity index (χ1) is 11.4. The van der Waals surface area contributed by atoms with E-state index in [-0.39, 0.29) is 5.91 Å². The van der Waals surface area contributed by atoms with Gasteiger partial charge >= 0.3 is 0 Å². The zero-order valence-corrected chi connectivity index (χ0v) is 15.9. The molecule has 0 saturated carbocycles. The Morgan fingerprint density at radius 2 is 1.96 bits per heavy atom. The fourth-order valence-corrected chi connectivity index (χ4v) is 2.86. The lowest BCUT2D eigenvalue weighted by atomic mass is 10.2. The summed E-state index contributed by atoms with van der Waals surface area (Å²) in [5, 5.41) is 3.38. The molecule has 0 aliphatic carbocycles. The van der Waals surface area contributed by atoms with Crippen LogP contribution in [0.15, 0.2) is 40.9 Å². The third kappa shape index (κ3) is 4.52. The van der Waals surface area contributed by atoms with Crippen LogP contribution in [0, 0.1) is 6.92 Å². The van der Waals surface area contributed by atoms with Gasteiger partial charge in [0.15, 0.2) is 11.5 Å². The van der Waals surface area contributed by atoms with E-state index in [1.165, 1.54) is 6.08 Å². The summed E-state index contributed by atoms with van der Waals surface area (Å²) in [5.41, 5.74) is 2.41. The Morgan fingerprint density at radius 3 is 2.58 bits per heavy atom. The van der Waals surface area contributed by atoms with Gasteiger partial charge < -0.3 is 14.8 Å². The molecule has 4 nitrogen and oxygen atoms in total. The summed E-state index contributed by atoms with van der Waals surface area (Å²) in [6.45, 7) is 1.91. The average molecular weight is 411 g/mol. The summed E-state index contributed by atoms with van der Waals surface area (Å²) in [7, 11) is 3.13. The van der Waals surface area contributed by atoms with Crippen LogP contribution in [0.25, 0.3) is 6.08 Å². The number of ether oxygens (including phenoxy) is 2. The van der Waals surface area contributed by atoms with Crippen molar-refractivity contribution in [2.75, 3.05) is 19.5 Å². The Bertz CT molecular complexity index is 790. The molecule has 0 spiro atoms. The third-order valence-electron chi connectivity index (χ3n) is 3.32. The van der Waals surface area contributed by atoms with Crippen molar-refractivity contribution >= 4 is 45.2 Å². The van der Waals surface area contributed by atoms with Crippen molar-refractivity contribution in [2.45, 2.75) is 6.92 Å². The van der Waals surface area contributed by atoms with Crippen LogP contribution in [0.3, 0.4) is 0 Å². The number of methoxy groups -OCH3 is 2. The molecule has 2 aromatic rings. The second-order valence-electron chi connectivity index (χ2n) is 5.02. The van der Waals surface area contributed by atoms with Crippen LogP contribution < -0.4 is 14.8 Å². The molecule has 1 N–H and O–H groups in total. The van der Waals surface area contributed by atoms with Gasteiger partial charge in [-0.1, -0.05) is 17.7 Å². The lowest BCUT2D eigenvalue weighted by Crippen LogP contribution is -2.07. The predicted molar refractivity (Wildman–Crippen MR) is 101 cm³/mol. The van der Waals surface area contributed by atoms with E-state index in [9.17, 15) is 4.79 Å². The number of nitrogens with one attached hydrogen (secondary N) is 1. The Morgan fingerprint density at radius 1 is 1.21 bits per heavy atom. The van der Waals surface area contributed by atoms with E-state index in [0.29, 0.717) is 22.2 Å². The highest BCUT2D eigenvalue weighted by atomic mass is 79.9. The first kappa shape index (κ1) is 18.4. The Hall–Kier alpha value is -1.98. The summed E-state index contributed by atoms with van der Waals surface area (Å²) in [4.78, 5) is 12.0. The summed E-state index contributed by atoms with van der Waals surface area (Å²) in [6, 6.07) is 9.01. The molecule has 24 heavy (non-hydrogen) atoms. The van der Waals surface area contributed by atoms with Gasteiger partial charge in [0.1, 0.15) is 0 Å². The highest BCUT2D eigenvalue weighted by Gasteiger charge is 2.09. The van der Waals surface area contributed by atoms with Crippen LogP contribution in [0.4, 0.5) is 5.69 Å². The Kier molecular flexibility index (Phi) is 6.29. The van der Waals surface area contributed by atoms with Crippen LogP contribution in [0.5, 0.6) is 11.5 Å². The fourth-order valence-electron chi connectivity index (χ4n) is 2.06. The number of aryl methyl sites for hydroxylation is 1. The average Bonchev–Trinajstić information content (AvgIpc) is 2.55. The zero-order valence-electron chi connectivity index (χ0n) is 13.5. The molecule has 2 rings (SSSR count). The molecule has 2 aromatic carbocycles. The number of hydrogen-bond acceptors (Lipinski definition) is 3. The van der Waals surface area contributed by atoms with E-state index in [4.69, 9.17) is 21.1 Å². The third-order valence-corrected chi connectivity index (χ3v) is 4.32. The number of anilines is 1. The number of hydrogen-bond donors (Lipinski definition) is 1. The van der Waals surface area contributed by atoms with Gasteiger partial charge in [0.25, 0.3) is 0 Å². The van der Waals surface area contributed by atoms with Crippen LogP contribution in [-0.4, -0.2) is 20.1 Å². The number of carbonyl (C=O) groups is 1. The lowest BCUT2D eigenvalue weighted by molar-refractivity contribution is -0.111. The second kappa shape index (κ2) is 8.22. The van der Waals surface area contributed by atoms with Gasteiger partial charge in [-0.3, -0.25) is 4.79 Å². The smallest absolute Gasteiger partial charge is 0.248 e. The minimum atomic E-state index is -0.249. The maximum absolute atomic E-state index is 12.0. The molecule has 0 bridgehead atoms. The van der Waals surface area contributed by atoms with E-state index in [2.05, 4.69) is 21.2 Å². The quantitative estimate of drug-likeness (QED) is 0.699. The van der Waals surface area contributed by atoms with E-state index in [0.717, 1.165) is 15.6 Å². The molecule has 0 saturated heterocycles. The summed E-state index contributed by atoms with van der Waals surface area (Å²) in [5.74, 6) is 0.937. The fraction of sp³-hybridized carbons (Fsp3) is 0.167. The van der Waals surface area contributed by atoms with Crippen LogP contribution in [-0.2, 0) is 4.79 Å². The zero-order chi connectivity index (χ0) is 17.7. The molecule has 0 aliphatic rings.